The van der Waals surface area contributed by atoms with Gasteiger partial charge in [-0.3, -0.25) is 0 Å². The highest BCUT2D eigenvalue weighted by Crippen LogP contribution is 2.23. The van der Waals surface area contributed by atoms with Crippen LogP contribution in [0.1, 0.15) is 18.2 Å². The molecule has 0 fully saturated rings. The number of aliphatic imine (C=N–C) groups is 1. The van der Waals surface area contributed by atoms with Crippen molar-refractivity contribution in [3.63, 3.8) is 0 Å². The summed E-state index contributed by atoms with van der Waals surface area (Å²) in [6.07, 6.45) is 6.82. The van der Waals surface area contributed by atoms with Gasteiger partial charge in [0.1, 0.15) is 11.3 Å². The number of nitrogen functional groups attached to an aromatic ring is 1. The Morgan fingerprint density at radius 1 is 1.23 bits per heavy atom. The summed E-state index contributed by atoms with van der Waals surface area (Å²) >= 11 is 0. The van der Waals surface area contributed by atoms with Gasteiger partial charge in [-0.2, -0.15) is 4.58 Å². The monoisotopic (exact) mass is 412 g/mol. The Balaban J connectivity index is 1.43. The van der Waals surface area contributed by atoms with E-state index >= 15 is 0 Å². The van der Waals surface area contributed by atoms with E-state index in [2.05, 4.69) is 31.9 Å². The SMILES string of the molecule is CC(O)(C#Cc1cn2nc(-c3ccco3)nc2c(N)n1)c1ccc([N+]2=CC=NC2)cc1. The third kappa shape index (κ3) is 3.56. The minimum Gasteiger partial charge on any atom is -0.461 e. The predicted molar refractivity (Wildman–Crippen MR) is 115 cm³/mol. The van der Waals surface area contributed by atoms with Crippen molar-refractivity contribution in [2.45, 2.75) is 12.5 Å². The first kappa shape index (κ1) is 18.7. The molecule has 152 valence electrons. The lowest BCUT2D eigenvalue weighted by Crippen LogP contribution is -2.18. The van der Waals surface area contributed by atoms with E-state index in [1.54, 1.807) is 37.7 Å². The number of hydrogen-bond donors (Lipinski definition) is 2. The Hall–Kier alpha value is -4.29. The van der Waals surface area contributed by atoms with Crippen molar-refractivity contribution in [3.05, 3.63) is 60.1 Å². The van der Waals surface area contributed by atoms with E-state index in [9.17, 15) is 5.11 Å². The number of aromatic nitrogens is 4. The van der Waals surface area contributed by atoms with E-state index in [1.165, 1.54) is 4.52 Å². The summed E-state index contributed by atoms with van der Waals surface area (Å²) in [6, 6.07) is 11.0. The first-order valence-electron chi connectivity index (χ1n) is 9.52. The van der Waals surface area contributed by atoms with Gasteiger partial charge < -0.3 is 15.3 Å². The van der Waals surface area contributed by atoms with Crippen molar-refractivity contribution >= 4 is 29.6 Å². The molecular weight excluding hydrogens is 394 g/mol. The highest BCUT2D eigenvalue weighted by molar-refractivity contribution is 6.14. The fraction of sp³-hybridized carbons (Fsp3) is 0.136. The molecule has 31 heavy (non-hydrogen) atoms. The zero-order chi connectivity index (χ0) is 21.4. The minimum atomic E-state index is -1.38. The summed E-state index contributed by atoms with van der Waals surface area (Å²) in [5, 5.41) is 15.3. The number of nitrogens with two attached hydrogens (primary N) is 1. The quantitative estimate of drug-likeness (QED) is 0.392. The van der Waals surface area contributed by atoms with E-state index < -0.39 is 5.60 Å². The lowest BCUT2D eigenvalue weighted by Gasteiger charge is -2.16. The second-order valence-corrected chi connectivity index (χ2v) is 7.15. The zero-order valence-electron chi connectivity index (χ0n) is 16.6. The molecule has 1 unspecified atom stereocenters. The summed E-state index contributed by atoms with van der Waals surface area (Å²) in [4.78, 5) is 12.8. The normalized spacial score (nSPS) is 14.8. The lowest BCUT2D eigenvalue weighted by molar-refractivity contribution is -0.427. The van der Waals surface area contributed by atoms with Gasteiger partial charge in [-0.05, 0) is 42.7 Å². The zero-order valence-corrected chi connectivity index (χ0v) is 16.6. The standard InChI is InChI=1S/C22H18N7O2/c1-22(30,15-4-6-17(7-5-15)28-11-10-24-14-28)9-8-16-13-29-21(19(23)25-16)26-20(27-29)18-3-2-12-31-18/h2-7,10-13,30H,14H2,1H3,(H2,23,25)/q+1. The van der Waals surface area contributed by atoms with Gasteiger partial charge in [-0.1, -0.05) is 5.92 Å². The van der Waals surface area contributed by atoms with Gasteiger partial charge in [0.05, 0.1) is 18.7 Å². The van der Waals surface area contributed by atoms with Crippen LogP contribution < -0.4 is 5.73 Å². The molecule has 5 rings (SSSR count). The maximum Gasteiger partial charge on any atom is 0.241 e. The van der Waals surface area contributed by atoms with E-state index in [4.69, 9.17) is 10.2 Å². The summed E-state index contributed by atoms with van der Waals surface area (Å²) in [7, 11) is 0. The van der Waals surface area contributed by atoms with Crippen molar-refractivity contribution in [2.24, 2.45) is 4.99 Å². The Bertz CT molecular complexity index is 1390. The van der Waals surface area contributed by atoms with Crippen molar-refractivity contribution in [3.8, 4) is 23.4 Å². The number of furan rings is 1. The molecule has 1 atom stereocenters. The van der Waals surface area contributed by atoms with Crippen molar-refractivity contribution in [1.82, 2.24) is 19.6 Å². The van der Waals surface area contributed by atoms with Crippen LogP contribution in [0.2, 0.25) is 0 Å². The molecule has 0 saturated carbocycles. The highest BCUT2D eigenvalue weighted by Gasteiger charge is 2.21. The van der Waals surface area contributed by atoms with Gasteiger partial charge in [0.25, 0.3) is 0 Å². The van der Waals surface area contributed by atoms with Crippen LogP contribution in [0, 0.1) is 11.8 Å². The molecule has 0 aliphatic carbocycles. The molecule has 0 radical (unpaired) electrons. The molecule has 4 aromatic rings. The van der Waals surface area contributed by atoms with Gasteiger partial charge in [-0.15, -0.1) is 5.10 Å². The highest BCUT2D eigenvalue weighted by atomic mass is 16.3. The number of nitrogens with zero attached hydrogens (tertiary/aromatic N) is 6. The number of hydrogen-bond acceptors (Lipinski definition) is 7. The second-order valence-electron chi connectivity index (χ2n) is 7.15. The molecule has 0 bridgehead atoms. The largest absolute Gasteiger partial charge is 0.461 e. The van der Waals surface area contributed by atoms with Crippen LogP contribution in [0.4, 0.5) is 11.5 Å². The molecule has 1 aromatic carbocycles. The van der Waals surface area contributed by atoms with Gasteiger partial charge in [0.15, 0.2) is 23.4 Å². The molecule has 9 heteroatoms. The molecule has 0 amide bonds. The van der Waals surface area contributed by atoms with Crippen molar-refractivity contribution in [2.75, 3.05) is 12.4 Å². The first-order chi connectivity index (χ1) is 15.0. The van der Waals surface area contributed by atoms with Crippen LogP contribution in [0.25, 0.3) is 17.2 Å². The van der Waals surface area contributed by atoms with Crippen LogP contribution in [-0.4, -0.2) is 48.4 Å². The fourth-order valence-electron chi connectivity index (χ4n) is 3.20. The fourth-order valence-corrected chi connectivity index (χ4v) is 3.20. The summed E-state index contributed by atoms with van der Waals surface area (Å²) in [5.41, 5.74) is 7.08. The first-order valence-corrected chi connectivity index (χ1v) is 9.52. The summed E-state index contributed by atoms with van der Waals surface area (Å²) in [6.45, 7) is 2.22. The Morgan fingerprint density at radius 2 is 2.06 bits per heavy atom. The Morgan fingerprint density at radius 3 is 2.77 bits per heavy atom. The Kier molecular flexibility index (Phi) is 4.34. The smallest absolute Gasteiger partial charge is 0.241 e. The third-order valence-electron chi connectivity index (χ3n) is 4.87. The van der Waals surface area contributed by atoms with Crippen LogP contribution in [0.3, 0.4) is 0 Å². The average molecular weight is 412 g/mol. The van der Waals surface area contributed by atoms with Crippen molar-refractivity contribution in [1.29, 1.82) is 0 Å². The molecule has 1 aliphatic rings. The molecule has 0 spiro atoms. The number of benzene rings is 1. The van der Waals surface area contributed by atoms with Crippen LogP contribution >= 0.6 is 0 Å². The summed E-state index contributed by atoms with van der Waals surface area (Å²) in [5.74, 6) is 6.87. The predicted octanol–water partition coefficient (Wildman–Crippen LogP) is 1.98. The van der Waals surface area contributed by atoms with Gasteiger partial charge in [0.2, 0.25) is 18.2 Å². The second kappa shape index (κ2) is 7.19. The third-order valence-corrected chi connectivity index (χ3v) is 4.87. The van der Waals surface area contributed by atoms with Gasteiger partial charge in [-0.25, -0.2) is 19.5 Å². The minimum absolute atomic E-state index is 0.185. The van der Waals surface area contributed by atoms with Crippen LogP contribution in [0.15, 0.2) is 58.3 Å². The van der Waals surface area contributed by atoms with Gasteiger partial charge in [0, 0.05) is 12.1 Å². The van der Waals surface area contributed by atoms with Crippen LogP contribution in [0.5, 0.6) is 0 Å². The molecule has 0 saturated heterocycles. The maximum absolute atomic E-state index is 10.9. The molecule has 9 nitrogen and oxygen atoms in total. The number of fused-ring (bicyclic) bond motifs is 1. The van der Waals surface area contributed by atoms with E-state index in [-0.39, 0.29) is 5.82 Å². The van der Waals surface area contributed by atoms with E-state index in [1.807, 2.05) is 35.1 Å². The number of anilines is 1. The van der Waals surface area contributed by atoms with Gasteiger partial charge >= 0.3 is 0 Å². The molecule has 4 heterocycles. The van der Waals surface area contributed by atoms with E-state index in [0.29, 0.717) is 35.2 Å². The summed E-state index contributed by atoms with van der Waals surface area (Å²) < 4.78 is 8.83. The average Bonchev–Trinajstić information content (AvgIpc) is 3.54. The van der Waals surface area contributed by atoms with Crippen LogP contribution in [-0.2, 0) is 5.60 Å². The molecular formula is C22H18N7O2+. The molecule has 3 N–H and O–H groups in total. The molecule has 1 aliphatic heterocycles. The Labute approximate surface area is 177 Å². The lowest BCUT2D eigenvalue weighted by atomic mass is 9.96. The van der Waals surface area contributed by atoms with E-state index in [0.717, 1.165) is 5.69 Å². The maximum atomic E-state index is 10.9. The number of aliphatic hydroxyl groups is 1. The topological polar surface area (TPSA) is 118 Å². The van der Waals surface area contributed by atoms with Crippen molar-refractivity contribution < 1.29 is 14.1 Å². The molecule has 3 aromatic heterocycles. The number of rotatable bonds is 3.